The number of unbranched alkanes of at least 4 members (excludes halogenated alkanes) is 33. The van der Waals surface area contributed by atoms with Crippen LogP contribution in [0, 0.1) is 0 Å². The molecule has 0 aromatic carbocycles. The highest BCUT2D eigenvalue weighted by molar-refractivity contribution is 7.47. The fraction of sp³-hybridized carbons (Fsp3) is 0.957. The van der Waals surface area contributed by atoms with Crippen molar-refractivity contribution in [3.8, 4) is 0 Å². The first-order valence-electron chi connectivity index (χ1n) is 24.0. The smallest absolute Gasteiger partial charge is 0.462 e. The normalized spacial score (nSPS) is 13.1. The maximum absolute atomic E-state index is 12.6. The molecule has 0 spiro atoms. The minimum absolute atomic E-state index is 0.0582. The van der Waals surface area contributed by atoms with Gasteiger partial charge in [0.15, 0.2) is 6.10 Å². The average molecular weight is 818 g/mol. The van der Waals surface area contributed by atoms with Crippen LogP contribution in [0.1, 0.15) is 251 Å². The largest absolute Gasteiger partial charge is 0.472 e. The maximum Gasteiger partial charge on any atom is 0.472 e. The SMILES string of the molecule is CCCCCCCCCCCCCCCCCCCCCCCC(=O)OC(COC(=O)CCCCCCCCCCCCCCCC)COP(=O)(O)OCCN. The molecule has 0 radical (unpaired) electrons. The van der Waals surface area contributed by atoms with E-state index < -0.39 is 26.5 Å². The number of hydrogen-bond acceptors (Lipinski definition) is 8. The molecule has 2 unspecified atom stereocenters. The van der Waals surface area contributed by atoms with Gasteiger partial charge >= 0.3 is 19.8 Å². The zero-order valence-corrected chi connectivity index (χ0v) is 37.8. The van der Waals surface area contributed by atoms with Crippen LogP contribution in [0.4, 0.5) is 0 Å². The molecule has 9 nitrogen and oxygen atoms in total. The van der Waals surface area contributed by atoms with E-state index in [9.17, 15) is 19.0 Å². The molecule has 0 heterocycles. The standard InChI is InChI=1S/C46H92NO8P/c1-3-5-7-9-11-13-15-17-19-20-21-22-23-24-25-27-29-31-33-35-37-39-46(49)55-44(43-54-56(50,51)53-41-40-47)42-52-45(48)38-36-34-32-30-28-26-18-16-14-12-10-8-6-4-2/h44H,3-43,47H2,1-2H3,(H,50,51). The zero-order chi connectivity index (χ0) is 41.1. The van der Waals surface area contributed by atoms with E-state index >= 15 is 0 Å². The molecule has 0 aliphatic heterocycles. The van der Waals surface area contributed by atoms with Crippen LogP contribution in [-0.4, -0.2) is 49.3 Å². The number of hydrogen-bond donors (Lipinski definition) is 2. The third kappa shape index (κ3) is 42.6. The summed E-state index contributed by atoms with van der Waals surface area (Å²) in [5.41, 5.74) is 5.36. The van der Waals surface area contributed by atoms with Crippen molar-refractivity contribution in [2.45, 2.75) is 258 Å². The van der Waals surface area contributed by atoms with Crippen molar-refractivity contribution in [3.63, 3.8) is 0 Å². The van der Waals surface area contributed by atoms with Gasteiger partial charge in [0.2, 0.25) is 0 Å². The van der Waals surface area contributed by atoms with Crippen molar-refractivity contribution in [2.75, 3.05) is 26.4 Å². The van der Waals surface area contributed by atoms with Crippen LogP contribution < -0.4 is 5.73 Å². The molecular weight excluding hydrogens is 725 g/mol. The molecule has 3 N–H and O–H groups in total. The molecule has 334 valence electrons. The Bertz CT molecular complexity index is 891. The van der Waals surface area contributed by atoms with Gasteiger partial charge in [-0.2, -0.15) is 0 Å². The topological polar surface area (TPSA) is 134 Å². The van der Waals surface area contributed by atoms with Crippen molar-refractivity contribution in [3.05, 3.63) is 0 Å². The van der Waals surface area contributed by atoms with E-state index in [1.54, 1.807) is 0 Å². The number of esters is 2. The fourth-order valence-electron chi connectivity index (χ4n) is 7.17. The summed E-state index contributed by atoms with van der Waals surface area (Å²) in [5, 5.41) is 0. The molecule has 0 fully saturated rings. The van der Waals surface area contributed by atoms with E-state index in [1.165, 1.54) is 186 Å². The molecule has 0 rings (SSSR count). The third-order valence-corrected chi connectivity index (χ3v) is 11.7. The lowest BCUT2D eigenvalue weighted by molar-refractivity contribution is -0.161. The summed E-state index contributed by atoms with van der Waals surface area (Å²) < 4.78 is 32.9. The highest BCUT2D eigenvalue weighted by Crippen LogP contribution is 2.43. The predicted octanol–water partition coefficient (Wildman–Crippen LogP) is 14.0. The van der Waals surface area contributed by atoms with Gasteiger partial charge in [-0.05, 0) is 12.8 Å². The summed E-state index contributed by atoms with van der Waals surface area (Å²) >= 11 is 0. The van der Waals surface area contributed by atoms with Crippen LogP contribution in [0.3, 0.4) is 0 Å². The van der Waals surface area contributed by atoms with Gasteiger partial charge in [-0.3, -0.25) is 18.6 Å². The maximum atomic E-state index is 12.6. The van der Waals surface area contributed by atoms with Gasteiger partial charge in [0.05, 0.1) is 13.2 Å². The number of carbonyl (C=O) groups excluding carboxylic acids is 2. The van der Waals surface area contributed by atoms with E-state index in [2.05, 4.69) is 13.8 Å². The minimum Gasteiger partial charge on any atom is -0.462 e. The van der Waals surface area contributed by atoms with Gasteiger partial charge in [0.1, 0.15) is 6.61 Å². The van der Waals surface area contributed by atoms with Crippen LogP contribution >= 0.6 is 7.82 Å². The first-order valence-corrected chi connectivity index (χ1v) is 25.5. The molecule has 0 aliphatic carbocycles. The second-order valence-electron chi connectivity index (χ2n) is 16.3. The van der Waals surface area contributed by atoms with E-state index in [1.807, 2.05) is 0 Å². The lowest BCUT2D eigenvalue weighted by Crippen LogP contribution is -2.29. The van der Waals surface area contributed by atoms with Crippen LogP contribution in [0.5, 0.6) is 0 Å². The predicted molar refractivity (Wildman–Crippen MR) is 234 cm³/mol. The van der Waals surface area contributed by atoms with Crippen molar-refractivity contribution in [2.24, 2.45) is 5.73 Å². The highest BCUT2D eigenvalue weighted by atomic mass is 31.2. The van der Waals surface area contributed by atoms with Gasteiger partial charge in [-0.25, -0.2) is 4.57 Å². The molecule has 0 amide bonds. The molecule has 0 saturated carbocycles. The quantitative estimate of drug-likeness (QED) is 0.0350. The van der Waals surface area contributed by atoms with Crippen LogP contribution in [0.25, 0.3) is 0 Å². The molecule has 0 aromatic heterocycles. The summed E-state index contributed by atoms with van der Waals surface area (Å²) in [5.74, 6) is -0.809. The lowest BCUT2D eigenvalue weighted by Gasteiger charge is -2.19. The molecule has 0 saturated heterocycles. The van der Waals surface area contributed by atoms with Crippen molar-refractivity contribution < 1.29 is 37.6 Å². The Hall–Kier alpha value is -0.990. The second-order valence-corrected chi connectivity index (χ2v) is 17.8. The van der Waals surface area contributed by atoms with E-state index in [-0.39, 0.29) is 38.6 Å². The number of ether oxygens (including phenoxy) is 2. The first-order chi connectivity index (χ1) is 27.3. The van der Waals surface area contributed by atoms with Crippen LogP contribution in [-0.2, 0) is 32.7 Å². The van der Waals surface area contributed by atoms with E-state index in [0.717, 1.165) is 32.1 Å². The van der Waals surface area contributed by atoms with Gasteiger partial charge in [-0.15, -0.1) is 0 Å². The lowest BCUT2D eigenvalue weighted by atomic mass is 10.0. The summed E-state index contributed by atoms with van der Waals surface area (Å²) in [4.78, 5) is 34.9. The summed E-state index contributed by atoms with van der Waals surface area (Å²) in [6.45, 7) is 3.79. The zero-order valence-electron chi connectivity index (χ0n) is 36.9. The van der Waals surface area contributed by atoms with Crippen LogP contribution in [0.2, 0.25) is 0 Å². The Labute approximate surface area is 346 Å². The number of nitrogens with two attached hydrogens (primary N) is 1. The average Bonchev–Trinajstić information content (AvgIpc) is 3.18. The molecule has 56 heavy (non-hydrogen) atoms. The number of phosphoric ester groups is 1. The molecule has 0 aromatic rings. The Balaban J connectivity index is 4.01. The third-order valence-electron chi connectivity index (χ3n) is 10.7. The van der Waals surface area contributed by atoms with Gasteiger partial charge in [0.25, 0.3) is 0 Å². The highest BCUT2D eigenvalue weighted by Gasteiger charge is 2.26. The fourth-order valence-corrected chi connectivity index (χ4v) is 7.93. The van der Waals surface area contributed by atoms with Crippen molar-refractivity contribution >= 4 is 19.8 Å². The molecule has 0 bridgehead atoms. The van der Waals surface area contributed by atoms with Crippen LogP contribution in [0.15, 0.2) is 0 Å². The van der Waals surface area contributed by atoms with Gasteiger partial charge < -0.3 is 20.1 Å². The monoisotopic (exact) mass is 818 g/mol. The van der Waals surface area contributed by atoms with Gasteiger partial charge in [0, 0.05) is 19.4 Å². The van der Waals surface area contributed by atoms with Crippen molar-refractivity contribution in [1.29, 1.82) is 0 Å². The number of phosphoric acid groups is 1. The Morgan fingerprint density at radius 3 is 1.09 bits per heavy atom. The Morgan fingerprint density at radius 1 is 0.464 bits per heavy atom. The van der Waals surface area contributed by atoms with Gasteiger partial charge in [-0.1, -0.05) is 226 Å². The Morgan fingerprint density at radius 2 is 0.768 bits per heavy atom. The minimum atomic E-state index is -4.37. The summed E-state index contributed by atoms with van der Waals surface area (Å²) in [7, 11) is -4.37. The molecular formula is C46H92NO8P. The number of carbonyl (C=O) groups is 2. The summed E-state index contributed by atoms with van der Waals surface area (Å²) in [6.07, 6.45) is 44.2. The summed E-state index contributed by atoms with van der Waals surface area (Å²) in [6, 6.07) is 0. The van der Waals surface area contributed by atoms with E-state index in [0.29, 0.717) is 6.42 Å². The second kappa shape index (κ2) is 43.6. The molecule has 2 atom stereocenters. The number of rotatable bonds is 46. The Kier molecular flexibility index (Phi) is 42.8. The van der Waals surface area contributed by atoms with Crippen molar-refractivity contribution in [1.82, 2.24) is 0 Å². The molecule has 10 heteroatoms. The first kappa shape index (κ1) is 55.0. The van der Waals surface area contributed by atoms with E-state index in [4.69, 9.17) is 24.3 Å². The molecule has 0 aliphatic rings.